The minimum absolute atomic E-state index is 0.0149. The number of likely N-dealkylation sites (N-methyl/N-ethyl adjacent to an activating group) is 1. The van der Waals surface area contributed by atoms with Crippen LogP contribution in [-0.4, -0.2) is 83.4 Å². The van der Waals surface area contributed by atoms with E-state index in [1.807, 2.05) is 12.1 Å². The second kappa shape index (κ2) is 7.94. The van der Waals surface area contributed by atoms with Crippen LogP contribution >= 0.6 is 0 Å². The highest BCUT2D eigenvalue weighted by molar-refractivity contribution is 6.04. The van der Waals surface area contributed by atoms with Gasteiger partial charge in [-0.2, -0.15) is 0 Å². The highest BCUT2D eigenvalue weighted by Gasteiger charge is 2.50. The molecule has 7 heteroatoms. The molecule has 5 rings (SSSR count). The topological polar surface area (TPSA) is 81.5 Å². The first-order chi connectivity index (χ1) is 14.5. The summed E-state index contributed by atoms with van der Waals surface area (Å²) in [5.74, 6) is 1.38. The fraction of sp³-hybridized carbons (Fsp3) is 0.652. The zero-order valence-electron chi connectivity index (χ0n) is 18.1. The van der Waals surface area contributed by atoms with E-state index in [9.17, 15) is 4.79 Å². The number of nitrogens with two attached hydrogens (primary N) is 1. The number of likely N-dealkylation sites (tertiary alicyclic amines) is 1. The maximum atomic E-state index is 11.9. The van der Waals surface area contributed by atoms with Crippen LogP contribution in [0.15, 0.2) is 18.2 Å². The van der Waals surface area contributed by atoms with E-state index in [1.165, 1.54) is 65.0 Å². The van der Waals surface area contributed by atoms with Crippen LogP contribution in [0.5, 0.6) is 0 Å². The Balaban J connectivity index is 1.36. The summed E-state index contributed by atoms with van der Waals surface area (Å²) in [6.45, 7) is 8.18. The summed E-state index contributed by atoms with van der Waals surface area (Å²) in [6.07, 6.45) is 6.09. The number of nitrogens with zero attached hydrogens (tertiary/aromatic N) is 4. The Morgan fingerprint density at radius 3 is 2.90 bits per heavy atom. The Bertz CT molecular complexity index is 918. The number of fused-ring (bicyclic) bond motifs is 3. The molecule has 0 unspecified atom stereocenters. The first-order valence-electron chi connectivity index (χ1n) is 11.5. The lowest BCUT2D eigenvalue weighted by Crippen LogP contribution is -2.46. The van der Waals surface area contributed by atoms with E-state index < -0.39 is 5.91 Å². The largest absolute Gasteiger partial charge is 0.366 e. The summed E-state index contributed by atoms with van der Waals surface area (Å²) in [5, 5.41) is 0. The van der Waals surface area contributed by atoms with Crippen molar-refractivity contribution in [3.05, 3.63) is 29.6 Å². The Morgan fingerprint density at radius 2 is 2.10 bits per heavy atom. The summed E-state index contributed by atoms with van der Waals surface area (Å²) in [7, 11) is 2.21. The van der Waals surface area contributed by atoms with Gasteiger partial charge in [0.05, 0.1) is 16.6 Å². The van der Waals surface area contributed by atoms with Crippen LogP contribution in [-0.2, 0) is 5.54 Å². The molecular formula is C23H34N6O. The summed E-state index contributed by atoms with van der Waals surface area (Å²) >= 11 is 0. The van der Waals surface area contributed by atoms with Crippen molar-refractivity contribution in [2.24, 2.45) is 11.7 Å². The van der Waals surface area contributed by atoms with Crippen molar-refractivity contribution in [2.45, 2.75) is 37.6 Å². The molecule has 1 saturated carbocycles. The molecule has 0 spiro atoms. The smallest absolute Gasteiger partial charge is 0.250 e. The minimum Gasteiger partial charge on any atom is -0.366 e. The highest BCUT2D eigenvalue weighted by Crippen LogP contribution is 2.49. The quantitative estimate of drug-likeness (QED) is 0.761. The number of para-hydroxylation sites is 1. The van der Waals surface area contributed by atoms with Gasteiger partial charge in [0.1, 0.15) is 11.3 Å². The Hall–Kier alpha value is -1.96. The van der Waals surface area contributed by atoms with Crippen LogP contribution in [0.1, 0.15) is 48.3 Å². The van der Waals surface area contributed by atoms with Crippen molar-refractivity contribution in [2.75, 3.05) is 52.9 Å². The zero-order chi connectivity index (χ0) is 20.7. The minimum atomic E-state index is -0.409. The van der Waals surface area contributed by atoms with Crippen molar-refractivity contribution >= 4 is 16.9 Å². The average Bonchev–Trinajstić information content (AvgIpc) is 3.29. The number of amides is 1. The molecule has 3 aliphatic rings. The fourth-order valence-electron chi connectivity index (χ4n) is 5.97. The molecular weight excluding hydrogens is 376 g/mol. The van der Waals surface area contributed by atoms with Crippen molar-refractivity contribution in [1.29, 1.82) is 0 Å². The number of hydrogen-bond donors (Lipinski definition) is 2. The number of nitrogens with one attached hydrogen (secondary N) is 1. The zero-order valence-corrected chi connectivity index (χ0v) is 18.1. The number of aromatic amines is 1. The third-order valence-corrected chi connectivity index (χ3v) is 7.63. The number of hydrogen-bond acceptors (Lipinski definition) is 5. The van der Waals surface area contributed by atoms with Gasteiger partial charge in [-0.3, -0.25) is 9.69 Å². The summed E-state index contributed by atoms with van der Waals surface area (Å²) < 4.78 is 0. The van der Waals surface area contributed by atoms with E-state index in [0.29, 0.717) is 5.56 Å². The number of imidazole rings is 1. The Kier molecular flexibility index (Phi) is 5.29. The molecule has 2 saturated heterocycles. The average molecular weight is 411 g/mol. The molecule has 3 heterocycles. The highest BCUT2D eigenvalue weighted by atomic mass is 16.1. The van der Waals surface area contributed by atoms with Crippen LogP contribution < -0.4 is 5.73 Å². The molecule has 1 aliphatic carbocycles. The number of rotatable bonds is 6. The van der Waals surface area contributed by atoms with Crippen LogP contribution in [0.2, 0.25) is 0 Å². The van der Waals surface area contributed by atoms with Crippen molar-refractivity contribution < 1.29 is 4.79 Å². The molecule has 1 aromatic heterocycles. The lowest BCUT2D eigenvalue weighted by molar-refractivity contribution is 0.0987. The van der Waals surface area contributed by atoms with Crippen LogP contribution in [0, 0.1) is 5.92 Å². The van der Waals surface area contributed by atoms with Crippen molar-refractivity contribution in [3.63, 3.8) is 0 Å². The van der Waals surface area contributed by atoms with E-state index in [1.54, 1.807) is 6.07 Å². The van der Waals surface area contributed by atoms with E-state index in [-0.39, 0.29) is 5.54 Å². The Labute approximate surface area is 178 Å². The van der Waals surface area contributed by atoms with Gasteiger partial charge in [0.25, 0.3) is 5.91 Å². The Morgan fingerprint density at radius 1 is 1.27 bits per heavy atom. The molecule has 0 radical (unpaired) electrons. The summed E-state index contributed by atoms with van der Waals surface area (Å²) in [4.78, 5) is 28.1. The predicted octanol–water partition coefficient (Wildman–Crippen LogP) is 2.00. The maximum Gasteiger partial charge on any atom is 0.250 e. The molecule has 3 N–H and O–H groups in total. The van der Waals surface area contributed by atoms with Gasteiger partial charge in [-0.1, -0.05) is 12.5 Å². The number of H-pyrrole nitrogens is 1. The summed E-state index contributed by atoms with van der Waals surface area (Å²) in [6, 6.07) is 5.66. The number of benzene rings is 1. The number of piperazine rings is 1. The molecule has 3 fully saturated rings. The first kappa shape index (κ1) is 20.0. The third kappa shape index (κ3) is 3.53. The standard InChI is InChI=1S/C23H34N6O/c1-27-11-13-28(14-12-27)9-4-10-29-16-17-5-3-8-23(29,15-17)22-25-19-7-2-6-18(21(24)30)20(19)26-22/h2,6-7,17H,3-5,8-16H2,1H3,(H2,24,30)(H,25,26)/t17-,23-/m1/s1. The number of carbonyl (C=O) groups is 1. The molecule has 1 amide bonds. The van der Waals surface area contributed by atoms with E-state index >= 15 is 0 Å². The van der Waals surface area contributed by atoms with E-state index in [0.717, 1.165) is 35.7 Å². The van der Waals surface area contributed by atoms with Gasteiger partial charge >= 0.3 is 0 Å². The van der Waals surface area contributed by atoms with E-state index in [2.05, 4.69) is 26.7 Å². The molecule has 30 heavy (non-hydrogen) atoms. The van der Waals surface area contributed by atoms with Gasteiger partial charge in [-0.15, -0.1) is 0 Å². The molecule has 2 bridgehead atoms. The molecule has 2 atom stereocenters. The lowest BCUT2D eigenvalue weighted by Gasteiger charge is -2.39. The molecule has 2 aromatic rings. The van der Waals surface area contributed by atoms with Gasteiger partial charge < -0.3 is 20.5 Å². The van der Waals surface area contributed by atoms with Crippen molar-refractivity contribution in [1.82, 2.24) is 24.7 Å². The van der Waals surface area contributed by atoms with Crippen LogP contribution in [0.4, 0.5) is 0 Å². The number of aromatic nitrogens is 2. The number of primary amides is 1. The summed E-state index contributed by atoms with van der Waals surface area (Å²) in [5.41, 5.74) is 7.74. The molecule has 7 nitrogen and oxygen atoms in total. The third-order valence-electron chi connectivity index (χ3n) is 7.63. The SMILES string of the molecule is CN1CCN(CCCN2C[C@@H]3CCC[C@]2(c2nc4c(C(N)=O)cccc4[nH]2)C3)CC1. The molecule has 2 aliphatic heterocycles. The van der Waals surface area contributed by atoms with E-state index in [4.69, 9.17) is 10.7 Å². The lowest BCUT2D eigenvalue weighted by atomic mass is 9.79. The van der Waals surface area contributed by atoms with Gasteiger partial charge in [-0.05, 0) is 57.3 Å². The van der Waals surface area contributed by atoms with Crippen LogP contribution in [0.3, 0.4) is 0 Å². The normalized spacial score (nSPS) is 28.4. The maximum absolute atomic E-state index is 11.9. The monoisotopic (exact) mass is 410 g/mol. The van der Waals surface area contributed by atoms with Gasteiger partial charge in [0.15, 0.2) is 0 Å². The predicted molar refractivity (Wildman–Crippen MR) is 118 cm³/mol. The van der Waals surface area contributed by atoms with Gasteiger partial charge in [-0.25, -0.2) is 4.98 Å². The second-order valence-corrected chi connectivity index (χ2v) is 9.59. The second-order valence-electron chi connectivity index (χ2n) is 9.59. The number of carbonyl (C=O) groups excluding carboxylic acids is 1. The first-order valence-corrected chi connectivity index (χ1v) is 11.5. The molecule has 162 valence electrons. The van der Waals surface area contributed by atoms with Crippen molar-refractivity contribution in [3.8, 4) is 0 Å². The van der Waals surface area contributed by atoms with Gasteiger partial charge in [0.2, 0.25) is 0 Å². The fourth-order valence-corrected chi connectivity index (χ4v) is 5.97. The van der Waals surface area contributed by atoms with Crippen LogP contribution in [0.25, 0.3) is 11.0 Å². The molecule has 1 aromatic carbocycles. The van der Waals surface area contributed by atoms with Gasteiger partial charge in [0, 0.05) is 39.3 Å².